The van der Waals surface area contributed by atoms with Gasteiger partial charge in [0.05, 0.1) is 18.8 Å². The molecule has 0 bridgehead atoms. The van der Waals surface area contributed by atoms with Crippen molar-refractivity contribution < 1.29 is 9.47 Å². The monoisotopic (exact) mass is 250 g/mol. The summed E-state index contributed by atoms with van der Waals surface area (Å²) in [7, 11) is 0. The van der Waals surface area contributed by atoms with Crippen LogP contribution in [0.3, 0.4) is 0 Å². The van der Waals surface area contributed by atoms with Gasteiger partial charge >= 0.3 is 0 Å². The van der Waals surface area contributed by atoms with Crippen LogP contribution < -0.4 is 5.73 Å². The second-order valence-corrected chi connectivity index (χ2v) is 4.89. The Morgan fingerprint density at radius 2 is 2.44 bits per heavy atom. The van der Waals surface area contributed by atoms with Crippen LogP contribution >= 0.6 is 0 Å². The van der Waals surface area contributed by atoms with E-state index in [2.05, 4.69) is 4.98 Å². The highest BCUT2D eigenvalue weighted by Crippen LogP contribution is 2.21. The van der Waals surface area contributed by atoms with Gasteiger partial charge < -0.3 is 15.2 Å². The van der Waals surface area contributed by atoms with Gasteiger partial charge in [-0.15, -0.1) is 0 Å². The lowest BCUT2D eigenvalue weighted by molar-refractivity contribution is -0.0681. The zero-order valence-corrected chi connectivity index (χ0v) is 10.9. The van der Waals surface area contributed by atoms with Crippen molar-refractivity contribution in [2.75, 3.05) is 13.2 Å². The van der Waals surface area contributed by atoms with E-state index in [-0.39, 0.29) is 18.2 Å². The van der Waals surface area contributed by atoms with E-state index >= 15 is 0 Å². The third kappa shape index (κ3) is 3.77. The molecule has 0 saturated carbocycles. The van der Waals surface area contributed by atoms with Crippen LogP contribution in [-0.4, -0.2) is 30.3 Å². The summed E-state index contributed by atoms with van der Waals surface area (Å²) < 4.78 is 11.6. The van der Waals surface area contributed by atoms with E-state index in [1.54, 1.807) is 6.20 Å². The number of nitrogens with two attached hydrogens (primary N) is 1. The molecule has 0 radical (unpaired) electrons. The smallest absolute Gasteiger partial charge is 0.0989 e. The molecule has 1 aromatic rings. The molecule has 2 N–H and O–H groups in total. The van der Waals surface area contributed by atoms with Gasteiger partial charge in [-0.2, -0.15) is 0 Å². The summed E-state index contributed by atoms with van der Waals surface area (Å²) in [4.78, 5) is 4.12. The van der Waals surface area contributed by atoms with Gasteiger partial charge in [0.2, 0.25) is 0 Å². The van der Waals surface area contributed by atoms with E-state index in [4.69, 9.17) is 15.2 Å². The fourth-order valence-corrected chi connectivity index (χ4v) is 2.25. The minimum absolute atomic E-state index is 0.0576. The van der Waals surface area contributed by atoms with Crippen LogP contribution in [0, 0.1) is 0 Å². The summed E-state index contributed by atoms with van der Waals surface area (Å²) in [5.74, 6) is 0. The number of pyridine rings is 1. The van der Waals surface area contributed by atoms with Gasteiger partial charge in [0, 0.05) is 30.6 Å². The largest absolute Gasteiger partial charge is 0.376 e. The van der Waals surface area contributed by atoms with Crippen molar-refractivity contribution in [2.24, 2.45) is 5.73 Å². The van der Waals surface area contributed by atoms with Gasteiger partial charge in [-0.3, -0.25) is 4.98 Å². The summed E-state index contributed by atoms with van der Waals surface area (Å²) in [5.41, 5.74) is 7.02. The van der Waals surface area contributed by atoms with Crippen LogP contribution in [0.2, 0.25) is 0 Å². The fraction of sp³-hybridized carbons (Fsp3) is 0.643. The highest BCUT2D eigenvalue weighted by atomic mass is 16.5. The van der Waals surface area contributed by atoms with Gasteiger partial charge in [0.25, 0.3) is 0 Å². The first-order chi connectivity index (χ1) is 8.77. The van der Waals surface area contributed by atoms with Crippen LogP contribution in [0.15, 0.2) is 24.5 Å². The molecule has 4 nitrogen and oxygen atoms in total. The quantitative estimate of drug-likeness (QED) is 0.869. The first-order valence-electron chi connectivity index (χ1n) is 6.66. The fourth-order valence-electron chi connectivity index (χ4n) is 2.25. The second kappa shape index (κ2) is 6.83. The second-order valence-electron chi connectivity index (χ2n) is 4.89. The Morgan fingerprint density at radius 3 is 3.06 bits per heavy atom. The molecule has 0 aliphatic carbocycles. The van der Waals surface area contributed by atoms with E-state index in [0.717, 1.165) is 25.0 Å². The van der Waals surface area contributed by atoms with Gasteiger partial charge in [-0.25, -0.2) is 0 Å². The summed E-state index contributed by atoms with van der Waals surface area (Å²) in [6, 6.07) is 3.85. The van der Waals surface area contributed by atoms with E-state index in [9.17, 15) is 0 Å². The summed E-state index contributed by atoms with van der Waals surface area (Å²) in [6.45, 7) is 3.42. The maximum atomic E-state index is 5.99. The number of nitrogens with zero attached hydrogens (tertiary/aromatic N) is 1. The molecule has 3 atom stereocenters. The third-order valence-electron chi connectivity index (χ3n) is 3.23. The Bertz CT molecular complexity index is 337. The molecular weight excluding hydrogens is 228 g/mol. The van der Waals surface area contributed by atoms with E-state index in [1.165, 1.54) is 6.42 Å². The molecule has 0 amide bonds. The van der Waals surface area contributed by atoms with Crippen molar-refractivity contribution in [2.45, 2.75) is 44.4 Å². The Labute approximate surface area is 108 Å². The topological polar surface area (TPSA) is 57.4 Å². The molecule has 1 aliphatic heterocycles. The Kier molecular flexibility index (Phi) is 5.11. The number of rotatable bonds is 5. The molecule has 1 aliphatic rings. The SMILES string of the molecule is CC(N)C(OCC1CCCCO1)c1cccnc1. The number of ether oxygens (including phenoxy) is 2. The Morgan fingerprint density at radius 1 is 1.56 bits per heavy atom. The van der Waals surface area contributed by atoms with Crippen molar-refractivity contribution in [3.63, 3.8) is 0 Å². The maximum Gasteiger partial charge on any atom is 0.0989 e. The molecule has 100 valence electrons. The molecule has 1 aromatic heterocycles. The first kappa shape index (κ1) is 13.5. The standard InChI is InChI=1S/C14H22N2O2/c1-11(15)14(12-5-4-7-16-9-12)18-10-13-6-2-3-8-17-13/h4-5,7,9,11,13-14H,2-3,6,8,10,15H2,1H3. The lowest BCUT2D eigenvalue weighted by Gasteiger charge is -2.27. The van der Waals surface area contributed by atoms with Gasteiger partial charge in [0.1, 0.15) is 0 Å². The molecule has 1 saturated heterocycles. The zero-order valence-electron chi connectivity index (χ0n) is 10.9. The van der Waals surface area contributed by atoms with Gasteiger partial charge in [0.15, 0.2) is 0 Å². The number of aromatic nitrogens is 1. The van der Waals surface area contributed by atoms with Crippen molar-refractivity contribution in [1.82, 2.24) is 4.98 Å². The van der Waals surface area contributed by atoms with Gasteiger partial charge in [-0.05, 0) is 32.3 Å². The molecule has 18 heavy (non-hydrogen) atoms. The van der Waals surface area contributed by atoms with Crippen LogP contribution in [0.4, 0.5) is 0 Å². The zero-order chi connectivity index (χ0) is 12.8. The number of hydrogen-bond acceptors (Lipinski definition) is 4. The minimum atomic E-state index is -0.107. The summed E-state index contributed by atoms with van der Waals surface area (Å²) in [5, 5.41) is 0. The molecule has 2 heterocycles. The van der Waals surface area contributed by atoms with Crippen molar-refractivity contribution in [1.29, 1.82) is 0 Å². The lowest BCUT2D eigenvalue weighted by atomic mass is 10.1. The molecule has 4 heteroatoms. The Balaban J connectivity index is 1.90. The van der Waals surface area contributed by atoms with Crippen molar-refractivity contribution in [3.05, 3.63) is 30.1 Å². The van der Waals surface area contributed by atoms with E-state index in [1.807, 2.05) is 25.3 Å². The highest BCUT2D eigenvalue weighted by Gasteiger charge is 2.20. The lowest BCUT2D eigenvalue weighted by Crippen LogP contribution is -2.31. The normalized spacial score (nSPS) is 23.6. The summed E-state index contributed by atoms with van der Waals surface area (Å²) in [6.07, 6.45) is 7.15. The van der Waals surface area contributed by atoms with E-state index in [0.29, 0.717) is 6.61 Å². The summed E-state index contributed by atoms with van der Waals surface area (Å²) >= 11 is 0. The molecule has 0 spiro atoms. The average Bonchev–Trinajstić information content (AvgIpc) is 2.41. The molecule has 0 aromatic carbocycles. The molecule has 1 fully saturated rings. The van der Waals surface area contributed by atoms with Crippen molar-refractivity contribution in [3.8, 4) is 0 Å². The predicted molar refractivity (Wildman–Crippen MR) is 70.2 cm³/mol. The molecule has 3 unspecified atom stereocenters. The van der Waals surface area contributed by atoms with Gasteiger partial charge in [-0.1, -0.05) is 6.07 Å². The Hall–Kier alpha value is -0.970. The molecule has 2 rings (SSSR count). The van der Waals surface area contributed by atoms with E-state index < -0.39 is 0 Å². The van der Waals surface area contributed by atoms with Crippen molar-refractivity contribution >= 4 is 0 Å². The first-order valence-corrected chi connectivity index (χ1v) is 6.66. The maximum absolute atomic E-state index is 5.99. The van der Waals surface area contributed by atoms with Crippen LogP contribution in [0.25, 0.3) is 0 Å². The predicted octanol–water partition coefficient (Wildman–Crippen LogP) is 2.06. The van der Waals surface area contributed by atoms with Crippen LogP contribution in [0.1, 0.15) is 37.9 Å². The highest BCUT2D eigenvalue weighted by molar-refractivity contribution is 5.13. The van der Waals surface area contributed by atoms with Crippen LogP contribution in [0.5, 0.6) is 0 Å². The molecular formula is C14H22N2O2. The van der Waals surface area contributed by atoms with Crippen LogP contribution in [-0.2, 0) is 9.47 Å². The average molecular weight is 250 g/mol. The number of hydrogen-bond donors (Lipinski definition) is 1. The minimum Gasteiger partial charge on any atom is -0.376 e. The third-order valence-corrected chi connectivity index (χ3v) is 3.23.